The van der Waals surface area contributed by atoms with Gasteiger partial charge in [0, 0.05) is 0 Å². The minimum Gasteiger partial charge on any atom is -0.466 e. The fourth-order valence-electron chi connectivity index (χ4n) is 3.88. The summed E-state index contributed by atoms with van der Waals surface area (Å²) in [5, 5.41) is 0.503. The van der Waals surface area contributed by atoms with E-state index in [1.807, 2.05) is 24.3 Å². The van der Waals surface area contributed by atoms with Gasteiger partial charge in [-0.15, -0.1) is 0 Å². The van der Waals surface area contributed by atoms with Crippen LogP contribution in [-0.4, -0.2) is 36.7 Å². The van der Waals surface area contributed by atoms with Crippen molar-refractivity contribution in [2.45, 2.75) is 18.6 Å². The molecule has 2 saturated heterocycles. The number of nitrogens with zero attached hydrogens (tertiary/aromatic N) is 1. The van der Waals surface area contributed by atoms with Crippen LogP contribution in [0.3, 0.4) is 0 Å². The molecule has 120 valence electrons. The molecule has 4 rings (SSSR count). The minimum atomic E-state index is -0.752. The summed E-state index contributed by atoms with van der Waals surface area (Å²) in [7, 11) is 0. The number of fused-ring (bicyclic) bond motifs is 1. The van der Waals surface area contributed by atoms with Crippen molar-refractivity contribution in [3.8, 4) is 0 Å². The van der Waals surface area contributed by atoms with Crippen LogP contribution >= 0.6 is 11.6 Å². The van der Waals surface area contributed by atoms with Crippen molar-refractivity contribution < 1.29 is 19.1 Å². The first kappa shape index (κ1) is 14.7. The summed E-state index contributed by atoms with van der Waals surface area (Å²) in [5.74, 6) is -1.64. The number of anilines is 1. The van der Waals surface area contributed by atoms with E-state index in [2.05, 4.69) is 0 Å². The average Bonchev–Trinajstić information content (AvgIpc) is 3.16. The predicted molar refractivity (Wildman–Crippen MR) is 84.2 cm³/mol. The number of amides is 1. The number of benzene rings is 1. The second-order valence-corrected chi connectivity index (χ2v) is 6.44. The normalized spacial score (nSPS) is 34.1. The zero-order valence-corrected chi connectivity index (χ0v) is 13.3. The van der Waals surface area contributed by atoms with Gasteiger partial charge in [0.05, 0.1) is 35.9 Å². The van der Waals surface area contributed by atoms with E-state index in [0.717, 1.165) is 0 Å². The number of ether oxygens (including phenoxy) is 2. The van der Waals surface area contributed by atoms with Crippen LogP contribution in [0.4, 0.5) is 5.69 Å². The lowest BCUT2D eigenvalue weighted by Crippen LogP contribution is -2.40. The SMILES string of the molecule is CCOC(=O)[C@H]1[C@H]2C(=O)N(c3ccccc3Cl)C[C@]23C=C[C@H]1O3. The maximum Gasteiger partial charge on any atom is 0.312 e. The van der Waals surface area contributed by atoms with Crippen molar-refractivity contribution in [2.24, 2.45) is 11.8 Å². The molecule has 0 aliphatic carbocycles. The zero-order valence-electron chi connectivity index (χ0n) is 12.6. The molecule has 0 saturated carbocycles. The van der Waals surface area contributed by atoms with Crippen LogP contribution in [0.2, 0.25) is 5.02 Å². The highest BCUT2D eigenvalue weighted by Gasteiger charge is 2.67. The van der Waals surface area contributed by atoms with Gasteiger partial charge in [0.1, 0.15) is 11.5 Å². The van der Waals surface area contributed by atoms with Crippen LogP contribution in [0.25, 0.3) is 0 Å². The quantitative estimate of drug-likeness (QED) is 0.628. The van der Waals surface area contributed by atoms with Crippen LogP contribution in [-0.2, 0) is 19.1 Å². The van der Waals surface area contributed by atoms with Gasteiger partial charge in [-0.1, -0.05) is 35.9 Å². The molecule has 6 heteroatoms. The molecule has 2 bridgehead atoms. The van der Waals surface area contributed by atoms with Crippen molar-refractivity contribution in [1.29, 1.82) is 0 Å². The Morgan fingerprint density at radius 1 is 1.48 bits per heavy atom. The van der Waals surface area contributed by atoms with Gasteiger partial charge in [0.15, 0.2) is 0 Å². The molecule has 3 aliphatic rings. The molecular formula is C17H16ClNO4. The van der Waals surface area contributed by atoms with Crippen molar-refractivity contribution in [2.75, 3.05) is 18.1 Å². The Labute approximate surface area is 138 Å². The Morgan fingerprint density at radius 2 is 2.26 bits per heavy atom. The second kappa shape index (κ2) is 5.08. The molecule has 4 atom stereocenters. The molecule has 0 aromatic heterocycles. The van der Waals surface area contributed by atoms with Gasteiger partial charge < -0.3 is 14.4 Å². The molecule has 0 unspecified atom stereocenters. The van der Waals surface area contributed by atoms with Crippen LogP contribution in [0.5, 0.6) is 0 Å². The topological polar surface area (TPSA) is 55.8 Å². The van der Waals surface area contributed by atoms with Crippen molar-refractivity contribution in [3.63, 3.8) is 0 Å². The predicted octanol–water partition coefficient (Wildman–Crippen LogP) is 2.19. The summed E-state index contributed by atoms with van der Waals surface area (Å²) in [6.45, 7) is 2.40. The van der Waals surface area contributed by atoms with E-state index < -0.39 is 17.4 Å². The fourth-order valence-corrected chi connectivity index (χ4v) is 4.12. The molecule has 1 aromatic rings. The number of carbonyl (C=O) groups is 2. The monoisotopic (exact) mass is 333 g/mol. The third kappa shape index (κ3) is 1.96. The van der Waals surface area contributed by atoms with Gasteiger partial charge in [-0.2, -0.15) is 0 Å². The summed E-state index contributed by atoms with van der Waals surface area (Å²) in [4.78, 5) is 26.9. The Bertz CT molecular complexity index is 718. The van der Waals surface area contributed by atoms with Gasteiger partial charge in [-0.3, -0.25) is 9.59 Å². The van der Waals surface area contributed by atoms with Gasteiger partial charge >= 0.3 is 5.97 Å². The molecule has 3 heterocycles. The van der Waals surface area contributed by atoms with Crippen LogP contribution < -0.4 is 4.90 Å². The van der Waals surface area contributed by atoms with E-state index in [-0.39, 0.29) is 24.6 Å². The zero-order chi connectivity index (χ0) is 16.2. The van der Waals surface area contributed by atoms with Crippen molar-refractivity contribution >= 4 is 29.2 Å². The lowest BCUT2D eigenvalue weighted by molar-refractivity contribution is -0.151. The summed E-state index contributed by atoms with van der Waals surface area (Å²) in [6, 6.07) is 7.19. The Kier molecular flexibility index (Phi) is 3.25. The lowest BCUT2D eigenvalue weighted by atomic mass is 9.77. The van der Waals surface area contributed by atoms with E-state index in [9.17, 15) is 9.59 Å². The molecule has 5 nitrogen and oxygen atoms in total. The summed E-state index contributed by atoms with van der Waals surface area (Å²) < 4.78 is 11.2. The number of hydrogen-bond acceptors (Lipinski definition) is 4. The van der Waals surface area contributed by atoms with E-state index in [1.165, 1.54) is 0 Å². The summed E-state index contributed by atoms with van der Waals surface area (Å²) >= 11 is 6.23. The number of para-hydroxylation sites is 1. The van der Waals surface area contributed by atoms with Gasteiger partial charge in [-0.05, 0) is 19.1 Å². The van der Waals surface area contributed by atoms with E-state index in [1.54, 1.807) is 24.0 Å². The number of esters is 1. The standard InChI is InChI=1S/C17H16ClNO4/c1-2-22-16(21)13-12-7-8-17(23-12)9-19(15(20)14(13)17)11-6-4-3-5-10(11)18/h3-8,12-14H,2,9H2,1H3/t12-,13-,14+,17-/m1/s1. The van der Waals surface area contributed by atoms with Crippen molar-refractivity contribution in [3.05, 3.63) is 41.4 Å². The van der Waals surface area contributed by atoms with Gasteiger partial charge in [0.25, 0.3) is 0 Å². The number of carbonyl (C=O) groups excluding carboxylic acids is 2. The van der Waals surface area contributed by atoms with E-state index >= 15 is 0 Å². The lowest BCUT2D eigenvalue weighted by Gasteiger charge is -2.22. The Morgan fingerprint density at radius 3 is 3.00 bits per heavy atom. The highest BCUT2D eigenvalue weighted by molar-refractivity contribution is 6.34. The smallest absolute Gasteiger partial charge is 0.312 e. The molecule has 2 fully saturated rings. The molecule has 0 N–H and O–H groups in total. The molecular weight excluding hydrogens is 318 g/mol. The van der Waals surface area contributed by atoms with Gasteiger partial charge in [0.2, 0.25) is 5.91 Å². The molecule has 23 heavy (non-hydrogen) atoms. The first-order valence-electron chi connectivity index (χ1n) is 7.67. The van der Waals surface area contributed by atoms with E-state index in [0.29, 0.717) is 17.3 Å². The average molecular weight is 334 g/mol. The number of halogens is 1. The van der Waals surface area contributed by atoms with E-state index in [4.69, 9.17) is 21.1 Å². The minimum absolute atomic E-state index is 0.136. The first-order valence-corrected chi connectivity index (χ1v) is 8.05. The number of hydrogen-bond donors (Lipinski definition) is 0. The highest BCUT2D eigenvalue weighted by atomic mass is 35.5. The summed E-state index contributed by atoms with van der Waals surface area (Å²) in [6.07, 6.45) is 3.39. The largest absolute Gasteiger partial charge is 0.466 e. The molecule has 1 amide bonds. The third-order valence-corrected chi connectivity index (χ3v) is 5.12. The Hall–Kier alpha value is -1.85. The molecule has 1 aromatic carbocycles. The first-order chi connectivity index (χ1) is 11.1. The fraction of sp³-hybridized carbons (Fsp3) is 0.412. The molecule has 0 radical (unpaired) electrons. The van der Waals surface area contributed by atoms with Crippen LogP contribution in [0, 0.1) is 11.8 Å². The van der Waals surface area contributed by atoms with Crippen LogP contribution in [0.1, 0.15) is 6.92 Å². The molecule has 3 aliphatic heterocycles. The summed E-state index contributed by atoms with van der Waals surface area (Å²) in [5.41, 5.74) is -0.107. The Balaban J connectivity index is 1.71. The van der Waals surface area contributed by atoms with Crippen molar-refractivity contribution in [1.82, 2.24) is 0 Å². The van der Waals surface area contributed by atoms with Crippen LogP contribution in [0.15, 0.2) is 36.4 Å². The van der Waals surface area contributed by atoms with Gasteiger partial charge in [-0.25, -0.2) is 0 Å². The maximum absolute atomic E-state index is 13.0. The molecule has 1 spiro atoms. The number of rotatable bonds is 3. The second-order valence-electron chi connectivity index (χ2n) is 6.03. The highest BCUT2D eigenvalue weighted by Crippen LogP contribution is 2.53. The third-order valence-electron chi connectivity index (χ3n) is 4.80. The maximum atomic E-state index is 13.0.